The molecule has 13 heteroatoms. The molecule has 5 heterocycles. The van der Waals surface area contributed by atoms with Crippen molar-refractivity contribution in [1.82, 2.24) is 24.5 Å². The molecule has 1 aromatic carbocycles. The maximum Gasteiger partial charge on any atom is 0.410 e. The fourth-order valence-electron chi connectivity index (χ4n) is 6.77. The van der Waals surface area contributed by atoms with Crippen molar-refractivity contribution in [3.63, 3.8) is 0 Å². The van der Waals surface area contributed by atoms with Crippen LogP contribution >= 0.6 is 34.5 Å². The monoisotopic (exact) mass is 662 g/mol. The van der Waals surface area contributed by atoms with E-state index >= 15 is 0 Å². The largest absolute Gasteiger partial charge is 0.436 e. The molecule has 2 aromatic rings. The van der Waals surface area contributed by atoms with Crippen molar-refractivity contribution in [2.24, 2.45) is 0 Å². The summed E-state index contributed by atoms with van der Waals surface area (Å²) in [6, 6.07) is 7.66. The summed E-state index contributed by atoms with van der Waals surface area (Å²) >= 11 is 14.0. The number of nitrogens with zero attached hydrogens (tertiary/aromatic N) is 5. The summed E-state index contributed by atoms with van der Waals surface area (Å²) in [5.41, 5.74) is 1.66. The van der Waals surface area contributed by atoms with Crippen molar-refractivity contribution < 1.29 is 19.1 Å². The molecule has 238 valence electrons. The van der Waals surface area contributed by atoms with Crippen LogP contribution in [0.5, 0.6) is 0 Å². The number of ether oxygens (including phenoxy) is 1. The molecule has 0 radical (unpaired) electrons. The number of carbonyl (C=O) groups excluding carboxylic acids is 3. The third-order valence-electron chi connectivity index (χ3n) is 9.48. The Morgan fingerprint density at radius 2 is 1.64 bits per heavy atom. The molecular formula is C31H40Cl2N6O4S. The number of amides is 4. The Morgan fingerprint density at radius 3 is 2.34 bits per heavy atom. The van der Waals surface area contributed by atoms with E-state index in [0.29, 0.717) is 61.7 Å². The molecule has 6 rings (SSSR count). The topological polar surface area (TPSA) is 88.7 Å². The number of hydrogen-bond donors (Lipinski definition) is 1. The maximum atomic E-state index is 13.9. The van der Waals surface area contributed by atoms with E-state index in [-0.39, 0.29) is 24.4 Å². The van der Waals surface area contributed by atoms with Crippen LogP contribution in [-0.2, 0) is 22.5 Å². The van der Waals surface area contributed by atoms with E-state index in [1.807, 2.05) is 27.3 Å². The average Bonchev–Trinajstić information content (AvgIpc) is 3.49. The summed E-state index contributed by atoms with van der Waals surface area (Å²) in [5.74, 6) is -0.181. The number of rotatable bonds is 6. The van der Waals surface area contributed by atoms with E-state index in [9.17, 15) is 14.4 Å². The molecule has 3 fully saturated rings. The minimum Gasteiger partial charge on any atom is -0.436 e. The molecule has 1 unspecified atom stereocenters. The molecule has 3 saturated heterocycles. The van der Waals surface area contributed by atoms with Gasteiger partial charge in [-0.05, 0) is 75.0 Å². The molecule has 4 amide bonds. The van der Waals surface area contributed by atoms with Gasteiger partial charge in [-0.25, -0.2) is 9.59 Å². The van der Waals surface area contributed by atoms with Crippen molar-refractivity contribution in [3.05, 3.63) is 50.1 Å². The van der Waals surface area contributed by atoms with Crippen LogP contribution in [0, 0.1) is 0 Å². The number of fused-ring (bicyclic) bond motifs is 1. The standard InChI is InChI=1S/C31H40Cl2N6O4S/c1-35-9-4-22(5-10-35)36-13-15-37(16-14-36)29(40)27(19-21-2-3-24(32)25(33)18-21)43-31(42)38-11-6-23(7-12-38)39-20-28-26(8-17-44-28)34-30(39)41/h2-3,8,17-18,22-23,27H,4-7,9-16,19-20H2,1H3,(H,34,41). The highest BCUT2D eigenvalue weighted by atomic mass is 35.5. The summed E-state index contributed by atoms with van der Waals surface area (Å²) in [4.78, 5) is 51.4. The number of halogens is 2. The third kappa shape index (κ3) is 7.12. The molecular weight excluding hydrogens is 623 g/mol. The lowest BCUT2D eigenvalue weighted by Gasteiger charge is -2.43. The Hall–Kier alpha value is -2.57. The van der Waals surface area contributed by atoms with Gasteiger partial charge in [0.25, 0.3) is 5.91 Å². The van der Waals surface area contributed by atoms with Crippen molar-refractivity contribution in [3.8, 4) is 0 Å². The highest BCUT2D eigenvalue weighted by Crippen LogP contribution is 2.32. The SMILES string of the molecule is CN1CCC(N2CCN(C(=O)C(Cc3ccc(Cl)c(Cl)c3)OC(=O)N3CCC(N4Cc5sccc5NC4=O)CC3)CC2)CC1. The molecule has 4 aliphatic rings. The Kier molecular flexibility index (Phi) is 9.87. The Morgan fingerprint density at radius 1 is 0.932 bits per heavy atom. The lowest BCUT2D eigenvalue weighted by Crippen LogP contribution is -2.56. The fraction of sp³-hybridized carbons (Fsp3) is 0.581. The Labute approximate surface area is 272 Å². The average molecular weight is 664 g/mol. The Bertz CT molecular complexity index is 1350. The number of benzene rings is 1. The number of urea groups is 1. The van der Waals surface area contributed by atoms with Crippen LogP contribution < -0.4 is 5.32 Å². The summed E-state index contributed by atoms with van der Waals surface area (Å²) in [6.07, 6.45) is 2.32. The van der Waals surface area contributed by atoms with Gasteiger partial charge in [0.1, 0.15) is 0 Å². The van der Waals surface area contributed by atoms with E-state index < -0.39 is 12.2 Å². The summed E-state index contributed by atoms with van der Waals surface area (Å²) in [7, 11) is 2.16. The van der Waals surface area contributed by atoms with Crippen LogP contribution in [0.25, 0.3) is 0 Å². The van der Waals surface area contributed by atoms with Crippen molar-refractivity contribution in [2.45, 2.75) is 56.8 Å². The number of carbonyl (C=O) groups is 3. The van der Waals surface area contributed by atoms with Crippen LogP contribution in [0.4, 0.5) is 15.3 Å². The van der Waals surface area contributed by atoms with Crippen LogP contribution in [0.2, 0.25) is 10.0 Å². The molecule has 1 aromatic heterocycles. The molecule has 1 atom stereocenters. The number of anilines is 1. The number of piperidine rings is 2. The number of hydrogen-bond acceptors (Lipinski definition) is 7. The lowest BCUT2D eigenvalue weighted by molar-refractivity contribution is -0.143. The molecule has 44 heavy (non-hydrogen) atoms. The predicted molar refractivity (Wildman–Crippen MR) is 173 cm³/mol. The fourth-order valence-corrected chi connectivity index (χ4v) is 7.92. The number of thiophene rings is 1. The Balaban J connectivity index is 1.07. The molecule has 10 nitrogen and oxygen atoms in total. The van der Waals surface area contributed by atoms with Crippen molar-refractivity contribution in [1.29, 1.82) is 0 Å². The van der Waals surface area contributed by atoms with Gasteiger partial charge in [0.15, 0.2) is 6.10 Å². The second kappa shape index (κ2) is 13.8. The molecule has 0 bridgehead atoms. The van der Waals surface area contributed by atoms with Crippen LogP contribution in [0.1, 0.15) is 36.1 Å². The summed E-state index contributed by atoms with van der Waals surface area (Å²) < 4.78 is 5.98. The molecule has 4 aliphatic heterocycles. The minimum atomic E-state index is -0.975. The molecule has 0 saturated carbocycles. The van der Waals surface area contributed by atoms with E-state index in [4.69, 9.17) is 27.9 Å². The van der Waals surface area contributed by atoms with Crippen LogP contribution in [0.3, 0.4) is 0 Å². The highest BCUT2D eigenvalue weighted by Gasteiger charge is 2.37. The van der Waals surface area contributed by atoms with Gasteiger partial charge in [0, 0.05) is 62.7 Å². The number of likely N-dealkylation sites (tertiary alicyclic amines) is 2. The van der Waals surface area contributed by atoms with Crippen LogP contribution in [-0.4, -0.2) is 120 Å². The number of piperazine rings is 1. The second-order valence-electron chi connectivity index (χ2n) is 12.3. The van der Waals surface area contributed by atoms with Gasteiger partial charge in [0.05, 0.1) is 22.3 Å². The van der Waals surface area contributed by atoms with Gasteiger partial charge in [0.2, 0.25) is 0 Å². The van der Waals surface area contributed by atoms with Gasteiger partial charge >= 0.3 is 12.1 Å². The first-order valence-electron chi connectivity index (χ1n) is 15.5. The van der Waals surface area contributed by atoms with Crippen molar-refractivity contribution >= 4 is 58.3 Å². The maximum absolute atomic E-state index is 13.9. The van der Waals surface area contributed by atoms with E-state index in [1.165, 1.54) is 0 Å². The minimum absolute atomic E-state index is 0.0313. The van der Waals surface area contributed by atoms with Gasteiger partial charge in [-0.15, -0.1) is 11.3 Å². The van der Waals surface area contributed by atoms with Gasteiger partial charge in [-0.1, -0.05) is 29.3 Å². The zero-order valence-electron chi connectivity index (χ0n) is 25.1. The smallest absolute Gasteiger partial charge is 0.410 e. The van der Waals surface area contributed by atoms with E-state index in [2.05, 4.69) is 22.2 Å². The number of nitrogens with one attached hydrogen (secondary N) is 1. The lowest BCUT2D eigenvalue weighted by atomic mass is 10.0. The first-order valence-corrected chi connectivity index (χ1v) is 17.1. The van der Waals surface area contributed by atoms with Gasteiger partial charge in [-0.2, -0.15) is 0 Å². The van der Waals surface area contributed by atoms with Crippen LogP contribution in [0.15, 0.2) is 29.6 Å². The zero-order valence-corrected chi connectivity index (χ0v) is 27.4. The molecule has 1 N–H and O–H groups in total. The predicted octanol–water partition coefficient (Wildman–Crippen LogP) is 4.85. The van der Waals surface area contributed by atoms with Crippen molar-refractivity contribution in [2.75, 3.05) is 64.7 Å². The first kappa shape index (κ1) is 31.4. The third-order valence-corrected chi connectivity index (χ3v) is 11.1. The van der Waals surface area contributed by atoms with E-state index in [0.717, 1.165) is 55.1 Å². The summed E-state index contributed by atoms with van der Waals surface area (Å²) in [5, 5.41) is 5.78. The highest BCUT2D eigenvalue weighted by molar-refractivity contribution is 7.10. The zero-order chi connectivity index (χ0) is 30.8. The van der Waals surface area contributed by atoms with E-state index in [1.54, 1.807) is 28.4 Å². The second-order valence-corrected chi connectivity index (χ2v) is 14.1. The summed E-state index contributed by atoms with van der Waals surface area (Å²) in [6.45, 7) is 6.54. The quantitative estimate of drug-likeness (QED) is 0.476. The first-order chi connectivity index (χ1) is 21.2. The van der Waals surface area contributed by atoms with Gasteiger partial charge < -0.3 is 29.7 Å². The molecule has 0 spiro atoms. The molecule has 0 aliphatic carbocycles. The van der Waals surface area contributed by atoms with Gasteiger partial charge in [-0.3, -0.25) is 9.69 Å². The normalized spacial score (nSPS) is 21.6.